The van der Waals surface area contributed by atoms with Crippen LogP contribution in [0.15, 0.2) is 134 Å². The summed E-state index contributed by atoms with van der Waals surface area (Å²) in [6.45, 7) is 0. The Balaban J connectivity index is 2.19. The van der Waals surface area contributed by atoms with Crippen molar-refractivity contribution in [3.8, 4) is 0 Å². The number of hydrogen-bond donors (Lipinski definition) is 3. The fourth-order valence-corrected chi connectivity index (χ4v) is 10.8. The summed E-state index contributed by atoms with van der Waals surface area (Å²) in [4.78, 5) is 6.08. The lowest BCUT2D eigenvalue weighted by Gasteiger charge is -2.60. The van der Waals surface area contributed by atoms with Crippen LogP contribution in [0.4, 0.5) is 5.69 Å². The number of nitrogens with two attached hydrogens (primary N) is 1. The highest BCUT2D eigenvalue weighted by molar-refractivity contribution is 14.1. The van der Waals surface area contributed by atoms with Crippen LogP contribution in [0.25, 0.3) is 0 Å². The minimum absolute atomic E-state index is 0.864. The molecule has 4 aromatic carbocycles. The molecule has 0 atom stereocenters. The zero-order valence-corrected chi connectivity index (χ0v) is 20.6. The summed E-state index contributed by atoms with van der Waals surface area (Å²) in [5.74, 6) is 6.02. The average molecular weight is 545 g/mol. The number of anilines is 1. The fraction of sp³-hybridized carbons (Fsp3) is 0.0400. The first kappa shape index (κ1) is 21.3. The van der Waals surface area contributed by atoms with Gasteiger partial charge < -0.3 is 0 Å². The van der Waals surface area contributed by atoms with Crippen molar-refractivity contribution in [2.45, 2.75) is 24.5 Å². The van der Waals surface area contributed by atoms with Gasteiger partial charge in [-0.15, -0.1) is 12.6 Å². The van der Waals surface area contributed by atoms with Crippen LogP contribution in [0.5, 0.6) is 0 Å². The molecule has 2 nitrogen and oxygen atoms in total. The van der Waals surface area contributed by atoms with Crippen LogP contribution in [-0.2, 0) is 0 Å². The van der Waals surface area contributed by atoms with Gasteiger partial charge in [-0.1, -0.05) is 91.0 Å². The molecule has 0 aliphatic heterocycles. The van der Waals surface area contributed by atoms with Gasteiger partial charge in [0, 0.05) is 4.90 Å². The zero-order valence-electron chi connectivity index (χ0n) is 16.7. The first-order valence-electron chi connectivity index (χ1n) is 9.69. The van der Waals surface area contributed by atoms with Crippen LogP contribution in [0.1, 0.15) is 0 Å². The smallest absolute Gasteiger partial charge is 0.0765 e. The van der Waals surface area contributed by atoms with Crippen molar-refractivity contribution >= 4 is 50.3 Å². The van der Waals surface area contributed by atoms with Crippen molar-refractivity contribution in [2.75, 3.05) is 9.48 Å². The zero-order chi connectivity index (χ0) is 21.2. The Morgan fingerprint density at radius 3 is 1.40 bits per heavy atom. The molecule has 0 amide bonds. The average Bonchev–Trinajstić information content (AvgIpc) is 2.80. The Kier molecular flexibility index (Phi) is 5.90. The van der Waals surface area contributed by atoms with Gasteiger partial charge in [0.2, 0.25) is 0 Å². The van der Waals surface area contributed by atoms with Crippen LogP contribution in [0, 0.1) is 0 Å². The van der Waals surface area contributed by atoms with Crippen molar-refractivity contribution in [1.82, 2.24) is 0 Å². The molecular formula is C25H25IN2S2. The Morgan fingerprint density at radius 2 is 1.07 bits per heavy atom. The van der Waals surface area contributed by atoms with E-state index in [1.807, 2.05) is 0 Å². The van der Waals surface area contributed by atoms with Gasteiger partial charge in [0.05, 0.1) is 28.6 Å². The maximum Gasteiger partial charge on any atom is 0.0765 e. The van der Waals surface area contributed by atoms with Crippen LogP contribution in [0.2, 0.25) is 0 Å². The van der Waals surface area contributed by atoms with Crippen molar-refractivity contribution in [2.24, 2.45) is 5.84 Å². The standard InChI is InChI=1S/C25H25IN2S2/c1-30(20-11-5-2-6-12-20,21-13-7-3-8-14-21,22-15-9-4-10-16-22)23-17-18-24(28(26)27)25(29)19-23/h2-19,29-30H,27H2,1H3. The summed E-state index contributed by atoms with van der Waals surface area (Å²) < 4.78 is 1.59. The summed E-state index contributed by atoms with van der Waals surface area (Å²) in [5, 5.41) is 0. The summed E-state index contributed by atoms with van der Waals surface area (Å²) in [6, 6.07) is 39.1. The van der Waals surface area contributed by atoms with Gasteiger partial charge in [0.15, 0.2) is 0 Å². The van der Waals surface area contributed by atoms with E-state index in [0.29, 0.717) is 0 Å². The number of halogens is 1. The molecule has 4 rings (SSSR count). The summed E-state index contributed by atoms with van der Waals surface area (Å²) >= 11 is 6.89. The molecular weight excluding hydrogens is 519 g/mol. The molecule has 0 saturated heterocycles. The quantitative estimate of drug-likeness (QED) is 0.0813. The van der Waals surface area contributed by atoms with Gasteiger partial charge in [0.1, 0.15) is 0 Å². The molecule has 30 heavy (non-hydrogen) atoms. The van der Waals surface area contributed by atoms with Crippen LogP contribution in [0.3, 0.4) is 0 Å². The third kappa shape index (κ3) is 3.24. The van der Waals surface area contributed by atoms with E-state index in [4.69, 9.17) is 18.5 Å². The lowest BCUT2D eigenvalue weighted by atomic mass is 10.3. The van der Waals surface area contributed by atoms with Crippen molar-refractivity contribution < 1.29 is 0 Å². The fourth-order valence-electron chi connectivity index (χ4n) is 4.34. The third-order valence-corrected chi connectivity index (χ3v) is 13.3. The molecule has 0 spiro atoms. The number of hydrazine groups is 1. The predicted octanol–water partition coefficient (Wildman–Crippen LogP) is 7.24. The SMILES string of the molecule is C[SH](c1ccccc1)(c1ccccc1)(c1ccccc1)c1ccc(N(N)I)c(S)c1. The van der Waals surface area contributed by atoms with Crippen LogP contribution in [-0.4, -0.2) is 6.26 Å². The Morgan fingerprint density at radius 1 is 0.667 bits per heavy atom. The molecule has 154 valence electrons. The monoisotopic (exact) mass is 544 g/mol. The maximum absolute atomic E-state index is 6.02. The van der Waals surface area contributed by atoms with Crippen molar-refractivity contribution in [3.63, 3.8) is 0 Å². The Labute approximate surface area is 198 Å². The number of rotatable bonds is 5. The van der Waals surface area contributed by atoms with E-state index in [2.05, 4.69) is 138 Å². The highest BCUT2D eigenvalue weighted by atomic mass is 127. The number of hydrogen-bond acceptors (Lipinski definition) is 3. The molecule has 0 fully saturated rings. The normalized spacial score (nSPS) is 12.7. The van der Waals surface area contributed by atoms with Crippen LogP contribution >= 0.6 is 44.7 Å². The molecule has 2 N–H and O–H groups in total. The summed E-state index contributed by atoms with van der Waals surface area (Å²) in [7, 11) is -3.02. The summed E-state index contributed by atoms with van der Waals surface area (Å²) in [6.07, 6.45) is 2.44. The second-order valence-electron chi connectivity index (χ2n) is 7.56. The maximum atomic E-state index is 6.02. The molecule has 5 heteroatoms. The lowest BCUT2D eigenvalue weighted by molar-refractivity contribution is 1.15. The topological polar surface area (TPSA) is 29.3 Å². The molecule has 0 aliphatic carbocycles. The van der Waals surface area contributed by atoms with Gasteiger partial charge in [-0.3, -0.25) is 0 Å². The van der Waals surface area contributed by atoms with Gasteiger partial charge in [-0.05, 0) is 44.0 Å². The number of benzene rings is 4. The van der Waals surface area contributed by atoms with E-state index in [1.54, 1.807) is 3.22 Å². The van der Waals surface area contributed by atoms with E-state index < -0.39 is 9.16 Å². The van der Waals surface area contributed by atoms with Crippen LogP contribution < -0.4 is 9.06 Å². The van der Waals surface area contributed by atoms with E-state index in [0.717, 1.165) is 10.6 Å². The van der Waals surface area contributed by atoms with E-state index in [9.17, 15) is 0 Å². The second kappa shape index (κ2) is 8.30. The second-order valence-corrected chi connectivity index (χ2v) is 14.3. The molecule has 4 aromatic rings. The van der Waals surface area contributed by atoms with Gasteiger partial charge in [0.25, 0.3) is 0 Å². The first-order valence-corrected chi connectivity index (χ1v) is 13.8. The molecule has 0 unspecified atom stereocenters. The number of nitrogens with zero attached hydrogens (tertiary/aromatic N) is 1. The van der Waals surface area contributed by atoms with E-state index in [1.165, 1.54) is 19.6 Å². The Hall–Kier alpha value is -1.93. The van der Waals surface area contributed by atoms with Crippen molar-refractivity contribution in [3.05, 3.63) is 109 Å². The van der Waals surface area contributed by atoms with Crippen molar-refractivity contribution in [1.29, 1.82) is 0 Å². The molecule has 0 heterocycles. The molecule has 0 aliphatic rings. The largest absolute Gasteiger partial charge is 0.250 e. The molecule has 0 saturated carbocycles. The van der Waals surface area contributed by atoms with Gasteiger partial charge >= 0.3 is 0 Å². The predicted molar refractivity (Wildman–Crippen MR) is 142 cm³/mol. The molecule has 0 radical (unpaired) electrons. The van der Waals surface area contributed by atoms with E-state index >= 15 is 0 Å². The lowest BCUT2D eigenvalue weighted by Crippen LogP contribution is -2.21. The number of thiol groups is 2. The summed E-state index contributed by atoms with van der Waals surface area (Å²) in [5.41, 5.74) is 0.891. The molecule has 0 aromatic heterocycles. The highest BCUT2D eigenvalue weighted by Gasteiger charge is 2.44. The molecule has 0 bridgehead atoms. The van der Waals surface area contributed by atoms with Gasteiger partial charge in [-0.25, -0.2) is 18.2 Å². The highest BCUT2D eigenvalue weighted by Crippen LogP contribution is 2.87. The minimum Gasteiger partial charge on any atom is -0.250 e. The first-order chi connectivity index (χ1) is 14.5. The third-order valence-electron chi connectivity index (χ3n) is 6.04. The minimum atomic E-state index is -3.02. The van der Waals surface area contributed by atoms with E-state index in [-0.39, 0.29) is 0 Å². The van der Waals surface area contributed by atoms with Gasteiger partial charge in [-0.2, -0.15) is 0 Å². The Bertz CT molecular complexity index is 1050.